The first-order valence-corrected chi connectivity index (χ1v) is 4.30. The van der Waals surface area contributed by atoms with Gasteiger partial charge >= 0.3 is 5.91 Å². The van der Waals surface area contributed by atoms with E-state index in [0.717, 1.165) is 25.9 Å². The molecule has 0 aromatic rings. The molecule has 2 atom stereocenters. The van der Waals surface area contributed by atoms with Crippen LogP contribution in [0.5, 0.6) is 0 Å². The Hall–Kier alpha value is -0.900. The van der Waals surface area contributed by atoms with Gasteiger partial charge < -0.3 is 0 Å². The van der Waals surface area contributed by atoms with Gasteiger partial charge in [-0.15, -0.1) is 0 Å². The quantitative estimate of drug-likeness (QED) is 0.355. The molecule has 3 fully saturated rings. The van der Waals surface area contributed by atoms with Crippen molar-refractivity contribution in [3.8, 4) is 0 Å². The molecule has 2 radical (unpaired) electrons. The lowest BCUT2D eigenvalue weighted by Crippen LogP contribution is -2.22. The van der Waals surface area contributed by atoms with Crippen LogP contribution in [0.25, 0.3) is 0 Å². The number of hydrogen-bond acceptors (Lipinski definition) is 2. The number of hydrogen-bond donors (Lipinski definition) is 0. The summed E-state index contributed by atoms with van der Waals surface area (Å²) in [5.74, 6) is 0.449. The van der Waals surface area contributed by atoms with E-state index in [9.17, 15) is 9.59 Å². The zero-order valence-corrected chi connectivity index (χ0v) is 6.82. The first-order chi connectivity index (χ1) is 5.79. The summed E-state index contributed by atoms with van der Waals surface area (Å²) in [6.45, 7) is 1.79. The molecule has 4 nitrogen and oxygen atoms in total. The topological polar surface area (TPSA) is 54.1 Å². The second-order valence-corrected chi connectivity index (χ2v) is 3.22. The first kappa shape index (κ1) is 7.73. The molecule has 64 valence electrons. The van der Waals surface area contributed by atoms with Gasteiger partial charge in [0.2, 0.25) is 5.91 Å². The molecule has 3 rings (SSSR count). The highest BCUT2D eigenvalue weighted by molar-refractivity contribution is 6.02. The zero-order chi connectivity index (χ0) is 8.55. The van der Waals surface area contributed by atoms with E-state index in [-0.39, 0.29) is 5.91 Å². The molecule has 0 bridgehead atoms. The molecule has 3 heterocycles. The summed E-state index contributed by atoms with van der Waals surface area (Å²) in [6.07, 6.45) is 2.78. The van der Waals surface area contributed by atoms with Crippen molar-refractivity contribution in [2.75, 3.05) is 13.1 Å². The number of amides is 2. The predicted octanol–water partition coefficient (Wildman–Crippen LogP) is -0.650. The van der Waals surface area contributed by atoms with E-state index in [4.69, 9.17) is 0 Å². The third-order valence-electron chi connectivity index (χ3n) is 2.36. The predicted molar refractivity (Wildman–Crippen MR) is 41.7 cm³/mol. The molecule has 0 aliphatic carbocycles. The second kappa shape index (κ2) is 2.86. The van der Waals surface area contributed by atoms with Gasteiger partial charge in [-0.2, -0.15) is 0 Å². The maximum atomic E-state index is 10.2. The van der Waals surface area contributed by atoms with E-state index < -0.39 is 0 Å². The summed E-state index contributed by atoms with van der Waals surface area (Å²) < 4.78 is 0. The van der Waals surface area contributed by atoms with Gasteiger partial charge in [-0.1, -0.05) is 4.90 Å². The van der Waals surface area contributed by atoms with Crippen molar-refractivity contribution < 1.29 is 9.59 Å². The summed E-state index contributed by atoms with van der Waals surface area (Å²) >= 11 is 0. The standard InChI is InChI=1S/C4H5NO.C4H6NO/c6-4-3-1-2-5(3)4;6-4-2-1-3-5-4/h3H,1-2H2;1-3H2/q+1;. The number of carbonyl (C=O) groups is 2. The van der Waals surface area contributed by atoms with Crippen LogP contribution >= 0.6 is 0 Å². The molecule has 0 N–H and O–H groups in total. The molecule has 3 saturated heterocycles. The van der Waals surface area contributed by atoms with Crippen LogP contribution < -0.4 is 10.2 Å². The summed E-state index contributed by atoms with van der Waals surface area (Å²) in [4.78, 5) is 22.2. The Balaban J connectivity index is 0.0000000939. The van der Waals surface area contributed by atoms with Crippen molar-refractivity contribution in [1.29, 1.82) is 0 Å². The van der Waals surface area contributed by atoms with Crippen LogP contribution in [0.3, 0.4) is 0 Å². The van der Waals surface area contributed by atoms with Gasteiger partial charge in [-0.25, -0.2) is 4.79 Å². The maximum Gasteiger partial charge on any atom is 0.425 e. The van der Waals surface area contributed by atoms with Crippen LogP contribution in [0.15, 0.2) is 0 Å². The lowest BCUT2D eigenvalue weighted by atomic mass is 10.2. The highest BCUT2D eigenvalue weighted by Crippen LogP contribution is 2.28. The Kier molecular flexibility index (Phi) is 1.84. The monoisotopic (exact) mass is 167 g/mol. The molecule has 0 aromatic heterocycles. The number of nitrogens with zero attached hydrogens (tertiary/aromatic N) is 2. The Morgan fingerprint density at radius 2 is 2.17 bits per heavy atom. The molecular formula is C8H11N2O2+. The third kappa shape index (κ3) is 1.34. The summed E-state index contributed by atoms with van der Waals surface area (Å²) in [5.41, 5.74) is 0. The van der Waals surface area contributed by atoms with E-state index in [2.05, 4.69) is 5.32 Å². The van der Waals surface area contributed by atoms with Gasteiger partial charge in [0.1, 0.15) is 6.54 Å². The normalized spacial score (nSPS) is 35.7. The third-order valence-corrected chi connectivity index (χ3v) is 2.36. The first-order valence-electron chi connectivity index (χ1n) is 4.30. The van der Waals surface area contributed by atoms with Gasteiger partial charge in [0.05, 0.1) is 6.42 Å². The lowest BCUT2D eigenvalue weighted by Gasteiger charge is -1.91. The van der Waals surface area contributed by atoms with E-state index in [0.29, 0.717) is 18.4 Å². The van der Waals surface area contributed by atoms with Crippen LogP contribution in [0, 0.1) is 0 Å². The molecule has 2 unspecified atom stereocenters. The van der Waals surface area contributed by atoms with Crippen molar-refractivity contribution >= 4 is 11.8 Å². The van der Waals surface area contributed by atoms with Crippen LogP contribution in [-0.2, 0) is 9.59 Å². The maximum absolute atomic E-state index is 10.2. The Labute approximate surface area is 70.9 Å². The van der Waals surface area contributed by atoms with E-state index >= 15 is 0 Å². The van der Waals surface area contributed by atoms with Crippen molar-refractivity contribution in [2.45, 2.75) is 25.3 Å². The minimum atomic E-state index is 0.0787. The van der Waals surface area contributed by atoms with Crippen LogP contribution in [0.2, 0.25) is 0 Å². The molecule has 4 heteroatoms. The van der Waals surface area contributed by atoms with E-state index in [1.807, 2.05) is 4.90 Å². The van der Waals surface area contributed by atoms with Crippen molar-refractivity contribution in [3.63, 3.8) is 0 Å². The fourth-order valence-electron chi connectivity index (χ4n) is 1.39. The Bertz CT molecular complexity index is 205. The SMILES string of the molecule is O=C1C2CC[N+]12.O=C1CCC[N]1. The minimum absolute atomic E-state index is 0.0787. The van der Waals surface area contributed by atoms with Crippen molar-refractivity contribution in [2.24, 2.45) is 0 Å². The van der Waals surface area contributed by atoms with Gasteiger partial charge in [-0.05, 0) is 6.42 Å². The molecule has 2 amide bonds. The number of rotatable bonds is 0. The summed E-state index contributed by atoms with van der Waals surface area (Å²) in [5, 5.41) is 3.60. The molecule has 0 saturated carbocycles. The Morgan fingerprint density at radius 3 is 2.25 bits per heavy atom. The van der Waals surface area contributed by atoms with Gasteiger partial charge in [0.25, 0.3) is 6.04 Å². The van der Waals surface area contributed by atoms with Crippen molar-refractivity contribution in [1.82, 2.24) is 10.2 Å². The lowest BCUT2D eigenvalue weighted by molar-refractivity contribution is -0.119. The summed E-state index contributed by atoms with van der Waals surface area (Å²) in [6, 6.07) is 0.394. The van der Waals surface area contributed by atoms with Gasteiger partial charge in [0.15, 0.2) is 0 Å². The average molecular weight is 167 g/mol. The van der Waals surface area contributed by atoms with Crippen molar-refractivity contribution in [3.05, 3.63) is 0 Å². The highest BCUT2D eigenvalue weighted by Gasteiger charge is 2.69. The number of carbonyl (C=O) groups excluding carboxylic acids is 2. The fraction of sp³-hybridized carbons (Fsp3) is 0.750. The second-order valence-electron chi connectivity index (χ2n) is 3.22. The van der Waals surface area contributed by atoms with Crippen LogP contribution in [0.1, 0.15) is 19.3 Å². The fourth-order valence-corrected chi connectivity index (χ4v) is 1.39. The molecule has 0 aromatic carbocycles. The van der Waals surface area contributed by atoms with Gasteiger partial charge in [0, 0.05) is 13.0 Å². The smallest absolute Gasteiger partial charge is 0.273 e. The molecule has 0 spiro atoms. The number of fused-ring (bicyclic) bond motifs is 1. The zero-order valence-electron chi connectivity index (χ0n) is 6.82. The van der Waals surface area contributed by atoms with Gasteiger partial charge in [-0.3, -0.25) is 10.1 Å². The van der Waals surface area contributed by atoms with E-state index in [1.54, 1.807) is 0 Å². The van der Waals surface area contributed by atoms with E-state index in [1.165, 1.54) is 0 Å². The van der Waals surface area contributed by atoms with Crippen LogP contribution in [-0.4, -0.2) is 30.9 Å². The van der Waals surface area contributed by atoms with Crippen LogP contribution in [0.4, 0.5) is 0 Å². The molecule has 3 aliphatic rings. The minimum Gasteiger partial charge on any atom is -0.273 e. The molecule has 3 aliphatic heterocycles. The molecular weight excluding hydrogens is 156 g/mol. The highest BCUT2D eigenvalue weighted by atomic mass is 16.2. The largest absolute Gasteiger partial charge is 0.425 e. The molecule has 12 heavy (non-hydrogen) atoms. The summed E-state index contributed by atoms with van der Waals surface area (Å²) in [7, 11) is 0. The Morgan fingerprint density at radius 1 is 1.42 bits per heavy atom. The average Bonchev–Trinajstić information content (AvgIpc) is 2.36.